The molecule has 5 heteroatoms. The quantitative estimate of drug-likeness (QED) is 0.716. The molecule has 1 aromatic carbocycles. The molecule has 0 aliphatic rings. The van der Waals surface area contributed by atoms with E-state index in [-0.39, 0.29) is 0 Å². The van der Waals surface area contributed by atoms with E-state index in [9.17, 15) is 17.2 Å². The van der Waals surface area contributed by atoms with Gasteiger partial charge in [0, 0.05) is 0 Å². The molecule has 1 aromatic rings. The number of hydrogen-bond donors (Lipinski definition) is 0. The average Bonchev–Trinajstić information content (AvgIpc) is 2.04. The van der Waals surface area contributed by atoms with Crippen molar-refractivity contribution >= 4 is 9.84 Å². The van der Waals surface area contributed by atoms with Crippen LogP contribution in [0, 0.1) is 0 Å². The highest BCUT2D eigenvalue weighted by Gasteiger charge is 2.25. The summed E-state index contributed by atoms with van der Waals surface area (Å²) in [7, 11) is -4.84. The second kappa shape index (κ2) is 3.18. The van der Waals surface area contributed by atoms with Crippen molar-refractivity contribution in [3.05, 3.63) is 30.3 Å². The largest absolute Gasteiger partial charge is 0.341 e. The molecule has 0 saturated carbocycles. The lowest BCUT2D eigenvalue weighted by molar-refractivity contribution is 0.234. The molecule has 0 aliphatic heterocycles. The van der Waals surface area contributed by atoms with Crippen molar-refractivity contribution < 1.29 is 18.6 Å². The fourth-order valence-corrected chi connectivity index (χ4v) is 1.38. The molecule has 0 aliphatic carbocycles. The van der Waals surface area contributed by atoms with Crippen LogP contribution in [0.4, 0.5) is 8.78 Å². The van der Waals surface area contributed by atoms with Crippen LogP contribution in [0.25, 0.3) is 0 Å². The van der Waals surface area contributed by atoms with Gasteiger partial charge in [-0.3, -0.25) is 0 Å². The van der Waals surface area contributed by atoms with E-state index >= 15 is 0 Å². The first-order valence-electron chi connectivity index (χ1n) is 3.53. The number of benzene rings is 1. The van der Waals surface area contributed by atoms with Crippen LogP contribution in [0.2, 0.25) is 0 Å². The van der Waals surface area contributed by atoms with Crippen LogP contribution in [0.5, 0.6) is 0 Å². The third-order valence-electron chi connectivity index (χ3n) is 1.26. The lowest BCUT2D eigenvalue weighted by Crippen LogP contribution is -2.10. The summed E-state index contributed by atoms with van der Waals surface area (Å²) in [5.74, 6) is 0. The SMILES string of the molecule is [2H]C(F)(F)S(=O)(=O)c1ccccc1. The Kier molecular flexibility index (Phi) is 2.03. The fraction of sp³-hybridized carbons (Fsp3) is 0.143. The first kappa shape index (κ1) is 7.67. The molecule has 12 heavy (non-hydrogen) atoms. The normalized spacial score (nSPS) is 14.0. The van der Waals surface area contributed by atoms with Gasteiger partial charge in [0.05, 0.1) is 4.90 Å². The zero-order chi connectivity index (χ0) is 10.1. The molecule has 0 fully saturated rings. The van der Waals surface area contributed by atoms with Gasteiger partial charge >= 0.3 is 5.73 Å². The first-order valence-corrected chi connectivity index (χ1v) is 4.51. The number of rotatable bonds is 2. The van der Waals surface area contributed by atoms with Crippen molar-refractivity contribution in [2.75, 3.05) is 0 Å². The van der Waals surface area contributed by atoms with Crippen LogP contribution in [0.15, 0.2) is 35.2 Å². The third kappa shape index (κ3) is 1.61. The van der Waals surface area contributed by atoms with Crippen LogP contribution >= 0.6 is 0 Å². The van der Waals surface area contributed by atoms with Gasteiger partial charge in [-0.15, -0.1) is 0 Å². The topological polar surface area (TPSA) is 34.1 Å². The minimum Gasteiger partial charge on any atom is -0.218 e. The second-order valence-electron chi connectivity index (χ2n) is 2.04. The molecule has 0 saturated heterocycles. The van der Waals surface area contributed by atoms with Crippen molar-refractivity contribution in [2.24, 2.45) is 0 Å². The summed E-state index contributed by atoms with van der Waals surface area (Å²) in [6, 6.07) is 6.19. The molecule has 0 N–H and O–H groups in total. The summed E-state index contributed by atoms with van der Waals surface area (Å²) in [6.07, 6.45) is 0. The van der Waals surface area contributed by atoms with Crippen LogP contribution < -0.4 is 0 Å². The highest BCUT2D eigenvalue weighted by Crippen LogP contribution is 2.16. The molecule has 0 spiro atoms. The van der Waals surface area contributed by atoms with Crippen LogP contribution in [0.3, 0.4) is 0 Å². The van der Waals surface area contributed by atoms with Gasteiger partial charge in [0.25, 0.3) is 0 Å². The molecule has 0 aromatic heterocycles. The Labute approximate surface area is 70.2 Å². The molecule has 0 unspecified atom stereocenters. The average molecular weight is 193 g/mol. The number of halogens is 2. The van der Waals surface area contributed by atoms with Gasteiger partial charge in [-0.25, -0.2) is 8.42 Å². The van der Waals surface area contributed by atoms with E-state index in [2.05, 4.69) is 0 Å². The van der Waals surface area contributed by atoms with E-state index in [1.165, 1.54) is 18.2 Å². The van der Waals surface area contributed by atoms with Crippen molar-refractivity contribution in [3.8, 4) is 0 Å². The van der Waals surface area contributed by atoms with E-state index in [1.54, 1.807) is 0 Å². The molecule has 0 radical (unpaired) electrons. The maximum absolute atomic E-state index is 12.3. The highest BCUT2D eigenvalue weighted by molar-refractivity contribution is 7.91. The molecule has 0 amide bonds. The van der Waals surface area contributed by atoms with Crippen LogP contribution in [0.1, 0.15) is 1.37 Å². The predicted molar refractivity (Wildman–Crippen MR) is 39.6 cm³/mol. The van der Waals surface area contributed by atoms with Gasteiger partial charge in [0.15, 0.2) is 0 Å². The molecule has 0 heterocycles. The number of alkyl halides is 2. The van der Waals surface area contributed by atoms with E-state index < -0.39 is 20.5 Å². The van der Waals surface area contributed by atoms with Crippen molar-refractivity contribution in [2.45, 2.75) is 10.6 Å². The van der Waals surface area contributed by atoms with E-state index in [4.69, 9.17) is 1.37 Å². The standard InChI is InChI=1S/C7H6F2O2S/c8-7(9)12(10,11)6-4-2-1-3-5-6/h1-5,7H/i7D. The Balaban J connectivity index is 3.26. The van der Waals surface area contributed by atoms with Crippen molar-refractivity contribution in [1.82, 2.24) is 0 Å². The fourth-order valence-electron chi connectivity index (χ4n) is 0.689. The molecule has 1 rings (SSSR count). The molecular weight excluding hydrogens is 186 g/mol. The summed E-state index contributed by atoms with van der Waals surface area (Å²) >= 11 is 0. The maximum Gasteiger partial charge on any atom is 0.341 e. The van der Waals surface area contributed by atoms with Gasteiger partial charge in [-0.2, -0.15) is 8.78 Å². The summed E-state index contributed by atoms with van der Waals surface area (Å²) in [4.78, 5) is -0.546. The van der Waals surface area contributed by atoms with E-state index in [1.807, 2.05) is 0 Å². The summed E-state index contributed by atoms with van der Waals surface area (Å²) in [6.45, 7) is 0. The van der Waals surface area contributed by atoms with Gasteiger partial charge < -0.3 is 0 Å². The van der Waals surface area contributed by atoms with Gasteiger partial charge in [0.1, 0.15) is 1.37 Å². The minimum absolute atomic E-state index is 0.546. The number of sulfone groups is 1. The zero-order valence-corrected chi connectivity index (χ0v) is 6.68. The lowest BCUT2D eigenvalue weighted by atomic mass is 10.4. The minimum atomic E-state index is -4.84. The third-order valence-corrected chi connectivity index (χ3v) is 2.56. The maximum atomic E-state index is 12.3. The second-order valence-corrected chi connectivity index (χ2v) is 3.83. The van der Waals surface area contributed by atoms with Gasteiger partial charge in [0.2, 0.25) is 9.84 Å². The highest BCUT2D eigenvalue weighted by atomic mass is 32.2. The van der Waals surface area contributed by atoms with Crippen LogP contribution in [-0.2, 0) is 9.84 Å². The predicted octanol–water partition coefficient (Wildman–Crippen LogP) is 1.68. The molecule has 66 valence electrons. The van der Waals surface area contributed by atoms with Crippen molar-refractivity contribution in [3.63, 3.8) is 0 Å². The first-order chi connectivity index (χ1) is 5.86. The van der Waals surface area contributed by atoms with Crippen LogP contribution in [-0.4, -0.2) is 14.2 Å². The Morgan fingerprint density at radius 2 is 1.75 bits per heavy atom. The molecule has 0 atom stereocenters. The van der Waals surface area contributed by atoms with E-state index in [0.29, 0.717) is 0 Å². The van der Waals surface area contributed by atoms with Crippen molar-refractivity contribution in [1.29, 1.82) is 0 Å². The summed E-state index contributed by atoms with van der Waals surface area (Å²) in [5.41, 5.74) is -4.48. The number of hydrogen-bond acceptors (Lipinski definition) is 2. The smallest absolute Gasteiger partial charge is 0.218 e. The molecule has 0 bridgehead atoms. The Morgan fingerprint density at radius 3 is 2.17 bits per heavy atom. The molecular formula is C7H6F2O2S. The Morgan fingerprint density at radius 1 is 1.25 bits per heavy atom. The summed E-state index contributed by atoms with van der Waals surface area (Å²) in [5, 5.41) is 0. The van der Waals surface area contributed by atoms with E-state index in [0.717, 1.165) is 12.1 Å². The zero-order valence-electron chi connectivity index (χ0n) is 6.87. The summed E-state index contributed by atoms with van der Waals surface area (Å²) < 4.78 is 52.5. The van der Waals surface area contributed by atoms with Gasteiger partial charge in [-0.1, -0.05) is 18.2 Å². The lowest BCUT2D eigenvalue weighted by Gasteiger charge is -2.00. The Bertz CT molecular complexity index is 383. The Hall–Kier alpha value is -0.970. The molecule has 2 nitrogen and oxygen atoms in total. The van der Waals surface area contributed by atoms with Gasteiger partial charge in [-0.05, 0) is 12.1 Å². The monoisotopic (exact) mass is 193 g/mol.